The van der Waals surface area contributed by atoms with Gasteiger partial charge in [-0.15, -0.1) is 0 Å². The maximum absolute atomic E-state index is 11.7. The van der Waals surface area contributed by atoms with Crippen LogP contribution in [0.15, 0.2) is 24.3 Å². The number of thiocarbonyl (C=S) groups is 1. The van der Waals surface area contributed by atoms with E-state index in [1.54, 1.807) is 0 Å². The molecule has 1 aromatic carbocycles. The molecule has 0 aromatic heterocycles. The van der Waals surface area contributed by atoms with Crippen LogP contribution in [0.25, 0.3) is 0 Å². The van der Waals surface area contributed by atoms with Gasteiger partial charge < -0.3 is 15.0 Å². The van der Waals surface area contributed by atoms with E-state index >= 15 is 0 Å². The topological polar surface area (TPSA) is 65.6 Å². The first-order valence-electron chi connectivity index (χ1n) is 7.89. The van der Waals surface area contributed by atoms with Crippen LogP contribution in [0.2, 0.25) is 0 Å². The monoisotopic (exact) mass is 352 g/mol. The van der Waals surface area contributed by atoms with E-state index in [4.69, 9.17) is 17.0 Å². The number of ether oxygens (including phenoxy) is 1. The number of carbonyl (C=O) groups is 1. The van der Waals surface area contributed by atoms with Crippen LogP contribution in [-0.2, 0) is 10.2 Å². The molecule has 0 radical (unpaired) electrons. The van der Waals surface area contributed by atoms with Crippen LogP contribution in [0.3, 0.4) is 0 Å². The zero-order valence-corrected chi connectivity index (χ0v) is 15.9. The first-order valence-corrected chi connectivity index (χ1v) is 8.30. The maximum atomic E-state index is 11.7. The highest BCUT2D eigenvalue weighted by molar-refractivity contribution is 7.80. The molecule has 1 rings (SSSR count). The van der Waals surface area contributed by atoms with E-state index in [2.05, 4.69) is 36.9 Å². The van der Waals surface area contributed by atoms with Crippen molar-refractivity contribution in [3.63, 3.8) is 0 Å². The van der Waals surface area contributed by atoms with Crippen LogP contribution in [0.1, 0.15) is 26.3 Å². The summed E-state index contributed by atoms with van der Waals surface area (Å²) in [6, 6.07) is 7.76. The predicted molar refractivity (Wildman–Crippen MR) is 101 cm³/mol. The molecule has 134 valence electrons. The quantitative estimate of drug-likeness (QED) is 0.532. The van der Waals surface area contributed by atoms with Crippen LogP contribution in [0.5, 0.6) is 5.75 Å². The lowest BCUT2D eigenvalue weighted by atomic mass is 9.87. The van der Waals surface area contributed by atoms with Crippen molar-refractivity contribution < 1.29 is 9.53 Å². The summed E-state index contributed by atoms with van der Waals surface area (Å²) in [6.45, 7) is 7.92. The van der Waals surface area contributed by atoms with Gasteiger partial charge in [-0.3, -0.25) is 15.6 Å². The number of hydrogen-bond acceptors (Lipinski definition) is 4. The number of hydrazine groups is 1. The van der Waals surface area contributed by atoms with Crippen molar-refractivity contribution >= 4 is 23.2 Å². The van der Waals surface area contributed by atoms with Crippen molar-refractivity contribution in [2.75, 3.05) is 33.8 Å². The average Bonchev–Trinajstić information content (AvgIpc) is 2.50. The summed E-state index contributed by atoms with van der Waals surface area (Å²) in [7, 11) is 3.95. The van der Waals surface area contributed by atoms with Gasteiger partial charge in [-0.05, 0) is 49.4 Å². The molecule has 0 heterocycles. The van der Waals surface area contributed by atoms with E-state index in [0.29, 0.717) is 17.4 Å². The molecular formula is C17H28N4O2S. The third-order valence-electron chi connectivity index (χ3n) is 3.25. The summed E-state index contributed by atoms with van der Waals surface area (Å²) in [4.78, 5) is 13.8. The molecule has 0 bridgehead atoms. The minimum absolute atomic E-state index is 0.0812. The number of likely N-dealkylation sites (N-methyl/N-ethyl adjacent to an activating group) is 1. The average molecular weight is 353 g/mol. The molecule has 0 unspecified atom stereocenters. The number of benzene rings is 1. The zero-order chi connectivity index (χ0) is 18.2. The summed E-state index contributed by atoms with van der Waals surface area (Å²) in [5, 5.41) is 3.36. The second-order valence-corrected chi connectivity index (χ2v) is 7.20. The molecule has 0 aliphatic heterocycles. The molecule has 24 heavy (non-hydrogen) atoms. The SMILES string of the molecule is CN(C)CCNC(=S)NNC(=O)COc1ccc(C(C)(C)C)cc1. The fourth-order valence-corrected chi connectivity index (χ4v) is 1.95. The van der Waals surface area contributed by atoms with E-state index in [1.165, 1.54) is 5.56 Å². The second kappa shape index (κ2) is 9.44. The van der Waals surface area contributed by atoms with Crippen LogP contribution in [0, 0.1) is 0 Å². The zero-order valence-electron chi connectivity index (χ0n) is 15.1. The van der Waals surface area contributed by atoms with Gasteiger partial charge in [0.15, 0.2) is 11.7 Å². The van der Waals surface area contributed by atoms with Crippen LogP contribution in [-0.4, -0.2) is 49.7 Å². The molecule has 0 saturated carbocycles. The minimum Gasteiger partial charge on any atom is -0.484 e. The molecule has 0 aliphatic rings. The summed E-state index contributed by atoms with van der Waals surface area (Å²) in [5.41, 5.74) is 6.45. The number of carbonyl (C=O) groups excluding carboxylic acids is 1. The van der Waals surface area contributed by atoms with Gasteiger partial charge >= 0.3 is 0 Å². The Labute approximate surface area is 149 Å². The molecule has 3 N–H and O–H groups in total. The van der Waals surface area contributed by atoms with Gasteiger partial charge in [-0.25, -0.2) is 0 Å². The maximum Gasteiger partial charge on any atom is 0.276 e. The molecule has 7 heteroatoms. The molecule has 0 spiro atoms. The second-order valence-electron chi connectivity index (χ2n) is 6.80. The first kappa shape index (κ1) is 20.2. The number of amides is 1. The summed E-state index contributed by atoms with van der Waals surface area (Å²) < 4.78 is 5.46. The van der Waals surface area contributed by atoms with Crippen LogP contribution in [0.4, 0.5) is 0 Å². The van der Waals surface area contributed by atoms with Crippen LogP contribution < -0.4 is 20.9 Å². The Hall–Kier alpha value is -1.86. The van der Waals surface area contributed by atoms with Crippen LogP contribution >= 0.6 is 12.2 Å². The predicted octanol–water partition coefficient (Wildman–Crippen LogP) is 1.42. The molecule has 0 aliphatic carbocycles. The van der Waals surface area contributed by atoms with Gasteiger partial charge in [0.1, 0.15) is 5.75 Å². The van der Waals surface area contributed by atoms with Crippen molar-refractivity contribution in [2.45, 2.75) is 26.2 Å². The van der Waals surface area contributed by atoms with Gasteiger partial charge in [0, 0.05) is 13.1 Å². The number of nitrogens with one attached hydrogen (secondary N) is 3. The third-order valence-corrected chi connectivity index (χ3v) is 3.50. The summed E-state index contributed by atoms with van der Waals surface area (Å²) >= 11 is 5.05. The van der Waals surface area contributed by atoms with E-state index in [0.717, 1.165) is 6.54 Å². The molecular weight excluding hydrogens is 324 g/mol. The molecule has 1 amide bonds. The number of nitrogens with zero attached hydrogens (tertiary/aromatic N) is 1. The molecule has 0 saturated heterocycles. The normalized spacial score (nSPS) is 11.1. The lowest BCUT2D eigenvalue weighted by Crippen LogP contribution is -2.49. The molecule has 0 atom stereocenters. The fraction of sp³-hybridized carbons (Fsp3) is 0.529. The van der Waals surface area contributed by atoms with Gasteiger partial charge in [-0.2, -0.15) is 0 Å². The highest BCUT2D eigenvalue weighted by atomic mass is 32.1. The largest absolute Gasteiger partial charge is 0.484 e. The number of rotatable bonds is 6. The lowest BCUT2D eigenvalue weighted by Gasteiger charge is -2.19. The molecule has 1 aromatic rings. The lowest BCUT2D eigenvalue weighted by molar-refractivity contribution is -0.123. The highest BCUT2D eigenvalue weighted by Gasteiger charge is 2.13. The van der Waals surface area contributed by atoms with Gasteiger partial charge in [0.25, 0.3) is 5.91 Å². The van der Waals surface area contributed by atoms with Crippen molar-refractivity contribution in [1.29, 1.82) is 0 Å². The smallest absolute Gasteiger partial charge is 0.276 e. The Kier molecular flexibility index (Phi) is 7.94. The summed E-state index contributed by atoms with van der Waals surface area (Å²) in [5.74, 6) is 0.358. The number of hydrogen-bond donors (Lipinski definition) is 3. The Morgan fingerprint density at radius 2 is 1.79 bits per heavy atom. The van der Waals surface area contributed by atoms with E-state index in [9.17, 15) is 4.79 Å². The van der Waals surface area contributed by atoms with Crippen molar-refractivity contribution in [1.82, 2.24) is 21.1 Å². The Bertz CT molecular complexity index is 539. The standard InChI is InChI=1S/C17H28N4O2S/c1-17(2,3)13-6-8-14(9-7-13)23-12-15(22)19-20-16(24)18-10-11-21(4)5/h6-9H,10-12H2,1-5H3,(H,19,22)(H2,18,20,24). The van der Waals surface area contributed by atoms with Gasteiger partial charge in [0.2, 0.25) is 0 Å². The fourth-order valence-electron chi connectivity index (χ4n) is 1.80. The first-order chi connectivity index (χ1) is 11.2. The Balaban J connectivity index is 2.27. The highest BCUT2D eigenvalue weighted by Crippen LogP contribution is 2.24. The van der Waals surface area contributed by atoms with E-state index in [1.807, 2.05) is 43.3 Å². The van der Waals surface area contributed by atoms with Gasteiger partial charge in [0.05, 0.1) is 0 Å². The third kappa shape index (κ3) is 8.12. The van der Waals surface area contributed by atoms with Gasteiger partial charge in [-0.1, -0.05) is 32.9 Å². The van der Waals surface area contributed by atoms with Crippen molar-refractivity contribution in [3.8, 4) is 5.75 Å². The van der Waals surface area contributed by atoms with E-state index < -0.39 is 0 Å². The Morgan fingerprint density at radius 3 is 2.33 bits per heavy atom. The Morgan fingerprint density at radius 1 is 1.17 bits per heavy atom. The minimum atomic E-state index is -0.299. The molecule has 0 fully saturated rings. The molecule has 6 nitrogen and oxygen atoms in total. The van der Waals surface area contributed by atoms with Crippen molar-refractivity contribution in [3.05, 3.63) is 29.8 Å². The summed E-state index contributed by atoms with van der Waals surface area (Å²) in [6.07, 6.45) is 0. The van der Waals surface area contributed by atoms with Crippen molar-refractivity contribution in [2.24, 2.45) is 0 Å². The van der Waals surface area contributed by atoms with E-state index in [-0.39, 0.29) is 17.9 Å².